The van der Waals surface area contributed by atoms with E-state index in [-0.39, 0.29) is 11.9 Å². The van der Waals surface area contributed by atoms with E-state index in [2.05, 4.69) is 10.2 Å². The second-order valence-electron chi connectivity index (χ2n) is 4.98. The number of aliphatic hydroxyl groups excluding tert-OH is 1. The van der Waals surface area contributed by atoms with Gasteiger partial charge in [-0.2, -0.15) is 0 Å². The fraction of sp³-hybridized carbons (Fsp3) is 0.533. The Morgan fingerprint density at radius 2 is 2.16 bits per heavy atom. The van der Waals surface area contributed by atoms with Crippen LogP contribution in [0.2, 0.25) is 0 Å². The number of hydrogen-bond acceptors (Lipinski definition) is 3. The van der Waals surface area contributed by atoms with E-state index in [0.717, 1.165) is 30.6 Å². The Balaban J connectivity index is 2.15. The predicted molar refractivity (Wildman–Crippen MR) is 76.1 cm³/mol. The highest BCUT2D eigenvalue weighted by molar-refractivity contribution is 5.85. The van der Waals surface area contributed by atoms with E-state index < -0.39 is 6.10 Å². The van der Waals surface area contributed by atoms with Gasteiger partial charge in [0.2, 0.25) is 5.91 Å². The van der Waals surface area contributed by atoms with Crippen LogP contribution in [-0.2, 0) is 4.79 Å². The normalized spacial score (nSPS) is 20.4. The Bertz CT molecular complexity index is 430. The topological polar surface area (TPSA) is 52.6 Å². The molecule has 2 unspecified atom stereocenters. The molecule has 2 N–H and O–H groups in total. The van der Waals surface area contributed by atoms with Crippen molar-refractivity contribution >= 4 is 11.6 Å². The van der Waals surface area contributed by atoms with Crippen LogP contribution in [0.5, 0.6) is 0 Å². The maximum absolute atomic E-state index is 11.8. The van der Waals surface area contributed by atoms with E-state index in [9.17, 15) is 9.90 Å². The van der Waals surface area contributed by atoms with E-state index in [4.69, 9.17) is 0 Å². The second-order valence-corrected chi connectivity index (χ2v) is 4.98. The Morgan fingerprint density at radius 3 is 2.74 bits per heavy atom. The van der Waals surface area contributed by atoms with Gasteiger partial charge in [0.15, 0.2) is 0 Å². The molecule has 1 aliphatic heterocycles. The van der Waals surface area contributed by atoms with Gasteiger partial charge in [-0.15, -0.1) is 0 Å². The van der Waals surface area contributed by atoms with E-state index >= 15 is 0 Å². The molecule has 0 radical (unpaired) electrons. The number of carbonyl (C=O) groups excluding carboxylic acids is 1. The standard InChI is InChI=1S/C15H22N2O2/c1-3-14(18)11-6-8-12(9-7-11)17-10-4-5-13(17)15(19)16-2/h6-9,13-14,18H,3-5,10H2,1-2H3,(H,16,19). The summed E-state index contributed by atoms with van der Waals surface area (Å²) in [7, 11) is 1.68. The van der Waals surface area contributed by atoms with Crippen LogP contribution in [0.3, 0.4) is 0 Å². The van der Waals surface area contributed by atoms with Crippen LogP contribution in [0, 0.1) is 0 Å². The Morgan fingerprint density at radius 1 is 1.47 bits per heavy atom. The van der Waals surface area contributed by atoms with Gasteiger partial charge in [-0.05, 0) is 37.0 Å². The van der Waals surface area contributed by atoms with Crippen LogP contribution < -0.4 is 10.2 Å². The zero-order valence-electron chi connectivity index (χ0n) is 11.6. The van der Waals surface area contributed by atoms with Gasteiger partial charge in [0, 0.05) is 19.3 Å². The van der Waals surface area contributed by atoms with Crippen molar-refractivity contribution in [2.75, 3.05) is 18.5 Å². The van der Waals surface area contributed by atoms with E-state index in [1.165, 1.54) is 0 Å². The average molecular weight is 262 g/mol. The highest BCUT2D eigenvalue weighted by Gasteiger charge is 2.30. The fourth-order valence-corrected chi connectivity index (χ4v) is 2.64. The monoisotopic (exact) mass is 262 g/mol. The first-order valence-electron chi connectivity index (χ1n) is 6.93. The Hall–Kier alpha value is -1.55. The summed E-state index contributed by atoms with van der Waals surface area (Å²) in [5.41, 5.74) is 1.99. The molecule has 19 heavy (non-hydrogen) atoms. The molecule has 0 bridgehead atoms. The van der Waals surface area contributed by atoms with Crippen molar-refractivity contribution in [2.45, 2.75) is 38.3 Å². The molecule has 1 aromatic carbocycles. The lowest BCUT2D eigenvalue weighted by Crippen LogP contribution is -2.41. The zero-order chi connectivity index (χ0) is 13.8. The fourth-order valence-electron chi connectivity index (χ4n) is 2.64. The maximum Gasteiger partial charge on any atom is 0.242 e. The first-order valence-corrected chi connectivity index (χ1v) is 6.93. The first kappa shape index (κ1) is 13.9. The van der Waals surface area contributed by atoms with Crippen molar-refractivity contribution in [3.63, 3.8) is 0 Å². The number of aliphatic hydroxyl groups is 1. The number of nitrogens with one attached hydrogen (secondary N) is 1. The molecule has 0 saturated carbocycles. The molecule has 1 fully saturated rings. The summed E-state index contributed by atoms with van der Waals surface area (Å²) >= 11 is 0. The van der Waals surface area contributed by atoms with Crippen molar-refractivity contribution in [3.05, 3.63) is 29.8 Å². The highest BCUT2D eigenvalue weighted by atomic mass is 16.3. The molecule has 1 aromatic rings. The molecule has 1 heterocycles. The number of benzene rings is 1. The number of carbonyl (C=O) groups is 1. The van der Waals surface area contributed by atoms with Crippen molar-refractivity contribution in [3.8, 4) is 0 Å². The molecule has 104 valence electrons. The van der Waals surface area contributed by atoms with Gasteiger partial charge >= 0.3 is 0 Å². The minimum Gasteiger partial charge on any atom is -0.388 e. The molecule has 1 aliphatic rings. The summed E-state index contributed by atoms with van der Waals surface area (Å²) in [6, 6.07) is 7.82. The summed E-state index contributed by atoms with van der Waals surface area (Å²) < 4.78 is 0. The van der Waals surface area contributed by atoms with Gasteiger partial charge in [0.1, 0.15) is 6.04 Å². The van der Waals surface area contributed by atoms with Crippen molar-refractivity contribution in [2.24, 2.45) is 0 Å². The summed E-state index contributed by atoms with van der Waals surface area (Å²) in [5, 5.41) is 12.5. The molecule has 4 nitrogen and oxygen atoms in total. The molecule has 0 spiro atoms. The summed E-state index contributed by atoms with van der Waals surface area (Å²) in [6.45, 7) is 2.87. The number of nitrogens with zero attached hydrogens (tertiary/aromatic N) is 1. The maximum atomic E-state index is 11.8. The minimum absolute atomic E-state index is 0.0630. The molecular weight excluding hydrogens is 240 g/mol. The lowest BCUT2D eigenvalue weighted by atomic mass is 10.1. The molecule has 4 heteroatoms. The molecule has 2 atom stereocenters. The largest absolute Gasteiger partial charge is 0.388 e. The van der Waals surface area contributed by atoms with E-state index in [0.29, 0.717) is 6.42 Å². The van der Waals surface area contributed by atoms with Crippen molar-refractivity contribution in [1.82, 2.24) is 5.32 Å². The Labute approximate surface area is 114 Å². The van der Waals surface area contributed by atoms with Crippen LogP contribution in [-0.4, -0.2) is 30.6 Å². The van der Waals surface area contributed by atoms with Gasteiger partial charge < -0.3 is 15.3 Å². The van der Waals surface area contributed by atoms with E-state index in [1.807, 2.05) is 31.2 Å². The van der Waals surface area contributed by atoms with Crippen LogP contribution >= 0.6 is 0 Å². The van der Waals surface area contributed by atoms with Gasteiger partial charge in [0.25, 0.3) is 0 Å². The van der Waals surface area contributed by atoms with E-state index in [1.54, 1.807) is 7.05 Å². The summed E-state index contributed by atoms with van der Waals surface area (Å²) in [6.07, 6.45) is 2.25. The third-order valence-corrected chi connectivity index (χ3v) is 3.80. The van der Waals surface area contributed by atoms with Crippen LogP contribution in [0.1, 0.15) is 37.9 Å². The van der Waals surface area contributed by atoms with Crippen LogP contribution in [0.15, 0.2) is 24.3 Å². The quantitative estimate of drug-likeness (QED) is 0.870. The van der Waals surface area contributed by atoms with Gasteiger partial charge in [-0.25, -0.2) is 0 Å². The number of likely N-dealkylation sites (N-methyl/N-ethyl adjacent to an activating group) is 1. The smallest absolute Gasteiger partial charge is 0.242 e. The summed E-state index contributed by atoms with van der Waals surface area (Å²) in [5.74, 6) is 0.0789. The molecule has 1 saturated heterocycles. The molecular formula is C15H22N2O2. The summed E-state index contributed by atoms with van der Waals surface area (Å²) in [4.78, 5) is 14.0. The number of hydrogen-bond donors (Lipinski definition) is 2. The number of rotatable bonds is 4. The van der Waals surface area contributed by atoms with Crippen molar-refractivity contribution in [1.29, 1.82) is 0 Å². The van der Waals surface area contributed by atoms with Crippen LogP contribution in [0.25, 0.3) is 0 Å². The van der Waals surface area contributed by atoms with Gasteiger partial charge in [0.05, 0.1) is 6.10 Å². The minimum atomic E-state index is -0.401. The predicted octanol–water partition coefficient (Wildman–Crippen LogP) is 1.84. The Kier molecular flexibility index (Phi) is 4.43. The molecule has 0 aromatic heterocycles. The van der Waals surface area contributed by atoms with Crippen molar-refractivity contribution < 1.29 is 9.90 Å². The third kappa shape index (κ3) is 2.89. The molecule has 2 rings (SSSR count). The lowest BCUT2D eigenvalue weighted by molar-refractivity contribution is -0.121. The highest BCUT2D eigenvalue weighted by Crippen LogP contribution is 2.27. The van der Waals surface area contributed by atoms with Crippen LogP contribution in [0.4, 0.5) is 5.69 Å². The second kappa shape index (κ2) is 6.06. The SMILES string of the molecule is CCC(O)c1ccc(N2CCCC2C(=O)NC)cc1. The first-order chi connectivity index (χ1) is 9.17. The van der Waals surface area contributed by atoms with Gasteiger partial charge in [-0.3, -0.25) is 4.79 Å². The lowest BCUT2D eigenvalue weighted by Gasteiger charge is -2.25. The number of amides is 1. The van der Waals surface area contributed by atoms with Gasteiger partial charge in [-0.1, -0.05) is 19.1 Å². The molecule has 1 amide bonds. The zero-order valence-corrected chi connectivity index (χ0v) is 11.6. The average Bonchev–Trinajstić information content (AvgIpc) is 2.95. The third-order valence-electron chi connectivity index (χ3n) is 3.80. The number of anilines is 1. The molecule has 0 aliphatic carbocycles.